The van der Waals surface area contributed by atoms with E-state index in [1.54, 1.807) is 31.5 Å². The summed E-state index contributed by atoms with van der Waals surface area (Å²) in [6, 6.07) is 2.89. The lowest BCUT2D eigenvalue weighted by Crippen LogP contribution is -2.46. The molecule has 5 nitrogen and oxygen atoms in total. The Labute approximate surface area is 98.7 Å². The Kier molecular flexibility index (Phi) is 3.01. The number of ketones is 1. The number of nitrogens with zero attached hydrogens (tertiary/aromatic N) is 1. The lowest BCUT2D eigenvalue weighted by molar-refractivity contribution is -0.124. The minimum atomic E-state index is -0.513. The zero-order chi connectivity index (χ0) is 12.4. The average molecular weight is 231 g/mol. The van der Waals surface area contributed by atoms with Gasteiger partial charge in [-0.25, -0.2) is 0 Å². The molecule has 0 spiro atoms. The second-order valence-corrected chi connectivity index (χ2v) is 3.85. The third-order valence-electron chi connectivity index (χ3n) is 2.74. The first-order chi connectivity index (χ1) is 8.15. The van der Waals surface area contributed by atoms with Crippen molar-refractivity contribution in [3.8, 4) is 0 Å². The molecule has 1 atom stereocenters. The van der Waals surface area contributed by atoms with E-state index in [-0.39, 0.29) is 18.2 Å². The van der Waals surface area contributed by atoms with Crippen molar-refractivity contribution in [3.63, 3.8) is 0 Å². The molecule has 2 heterocycles. The smallest absolute Gasteiger partial charge is 0.249 e. The number of rotatable bonds is 2. The van der Waals surface area contributed by atoms with Gasteiger partial charge in [-0.3, -0.25) is 14.6 Å². The Balaban J connectivity index is 2.60. The van der Waals surface area contributed by atoms with Crippen molar-refractivity contribution in [1.29, 1.82) is 0 Å². The fourth-order valence-electron chi connectivity index (χ4n) is 1.86. The minimum absolute atomic E-state index is 0.0436. The summed E-state index contributed by atoms with van der Waals surface area (Å²) in [6.45, 7) is 1.71. The van der Waals surface area contributed by atoms with E-state index in [2.05, 4.69) is 10.3 Å². The summed E-state index contributed by atoms with van der Waals surface area (Å²) in [5.41, 5.74) is 6.97. The first-order valence-corrected chi connectivity index (χ1v) is 5.34. The molecule has 1 aliphatic heterocycles. The summed E-state index contributed by atoms with van der Waals surface area (Å²) in [5, 5.41) is 2.59. The number of nitrogens with two attached hydrogens (primary N) is 1. The second kappa shape index (κ2) is 4.47. The third kappa shape index (κ3) is 1.97. The number of carbonyl (C=O) groups is 2. The van der Waals surface area contributed by atoms with E-state index < -0.39 is 6.04 Å². The van der Waals surface area contributed by atoms with Gasteiger partial charge in [0.15, 0.2) is 5.78 Å². The molecule has 3 N–H and O–H groups in total. The van der Waals surface area contributed by atoms with E-state index >= 15 is 0 Å². The molecule has 0 aromatic carbocycles. The number of Topliss-reactive ketones (excluding diaryl/α,β-unsaturated/α-hetero) is 1. The molecule has 0 bridgehead atoms. The number of nitrogens with one attached hydrogen (secondary N) is 1. The van der Waals surface area contributed by atoms with Gasteiger partial charge in [-0.05, 0) is 24.6 Å². The summed E-state index contributed by atoms with van der Waals surface area (Å²) < 4.78 is 0. The van der Waals surface area contributed by atoms with Crippen LogP contribution in [0, 0.1) is 0 Å². The van der Waals surface area contributed by atoms with E-state index in [0.717, 1.165) is 0 Å². The molecule has 1 aromatic heterocycles. The summed E-state index contributed by atoms with van der Waals surface area (Å²) in [7, 11) is 0. The van der Waals surface area contributed by atoms with Crippen molar-refractivity contribution in [1.82, 2.24) is 10.3 Å². The van der Waals surface area contributed by atoms with Crippen LogP contribution < -0.4 is 11.1 Å². The van der Waals surface area contributed by atoms with Crippen LogP contribution in [0.2, 0.25) is 0 Å². The van der Waals surface area contributed by atoms with Gasteiger partial charge in [0.25, 0.3) is 0 Å². The van der Waals surface area contributed by atoms with Gasteiger partial charge in [0.1, 0.15) is 0 Å². The molecular formula is C12H13N3O2. The summed E-state index contributed by atoms with van der Waals surface area (Å²) in [5.74, 6) is -0.386. The van der Waals surface area contributed by atoms with Gasteiger partial charge in [-0.15, -0.1) is 0 Å². The number of hydrogen-bond acceptors (Lipinski definition) is 4. The van der Waals surface area contributed by atoms with Crippen LogP contribution in [-0.2, 0) is 9.59 Å². The van der Waals surface area contributed by atoms with Gasteiger partial charge in [0.2, 0.25) is 5.91 Å². The number of aromatic nitrogens is 1. The first-order valence-electron chi connectivity index (χ1n) is 5.34. The van der Waals surface area contributed by atoms with Gasteiger partial charge < -0.3 is 11.1 Å². The average Bonchev–Trinajstić information content (AvgIpc) is 2.34. The molecule has 5 heteroatoms. The Bertz CT molecular complexity index is 494. The maximum atomic E-state index is 12.1. The Morgan fingerprint density at radius 1 is 1.35 bits per heavy atom. The molecule has 2 rings (SSSR count). The highest BCUT2D eigenvalue weighted by Crippen LogP contribution is 2.23. The molecule has 17 heavy (non-hydrogen) atoms. The maximum Gasteiger partial charge on any atom is 0.249 e. The van der Waals surface area contributed by atoms with Gasteiger partial charge >= 0.3 is 0 Å². The van der Waals surface area contributed by atoms with E-state index in [9.17, 15) is 9.59 Å². The molecule has 0 saturated carbocycles. The summed E-state index contributed by atoms with van der Waals surface area (Å²) in [4.78, 5) is 27.7. The van der Waals surface area contributed by atoms with Crippen molar-refractivity contribution < 1.29 is 9.59 Å². The molecule has 0 fully saturated rings. The highest BCUT2D eigenvalue weighted by molar-refractivity contribution is 6.31. The third-order valence-corrected chi connectivity index (χ3v) is 2.74. The van der Waals surface area contributed by atoms with E-state index in [1.807, 2.05) is 0 Å². The van der Waals surface area contributed by atoms with Crippen LogP contribution in [0.25, 0.3) is 5.57 Å². The van der Waals surface area contributed by atoms with Crippen molar-refractivity contribution in [2.75, 3.05) is 6.54 Å². The molecule has 1 amide bonds. The molecule has 1 unspecified atom stereocenters. The zero-order valence-corrected chi connectivity index (χ0v) is 9.43. The predicted octanol–water partition coefficient (Wildman–Crippen LogP) is -0.119. The fraction of sp³-hybridized carbons (Fsp3) is 0.250. The van der Waals surface area contributed by atoms with Crippen LogP contribution >= 0.6 is 0 Å². The van der Waals surface area contributed by atoms with Crippen LogP contribution in [0.15, 0.2) is 30.1 Å². The van der Waals surface area contributed by atoms with E-state index in [0.29, 0.717) is 16.7 Å². The molecule has 88 valence electrons. The van der Waals surface area contributed by atoms with Crippen molar-refractivity contribution in [2.24, 2.45) is 5.73 Å². The highest BCUT2D eigenvalue weighted by Gasteiger charge is 2.31. The zero-order valence-electron chi connectivity index (χ0n) is 9.43. The van der Waals surface area contributed by atoms with Gasteiger partial charge in [-0.1, -0.05) is 0 Å². The molecule has 1 aliphatic rings. The quantitative estimate of drug-likeness (QED) is 0.743. The van der Waals surface area contributed by atoms with Crippen LogP contribution in [0.1, 0.15) is 12.5 Å². The van der Waals surface area contributed by atoms with Crippen molar-refractivity contribution in [2.45, 2.75) is 13.0 Å². The second-order valence-electron chi connectivity index (χ2n) is 3.85. The normalized spacial score (nSPS) is 20.5. The van der Waals surface area contributed by atoms with Gasteiger partial charge in [-0.2, -0.15) is 0 Å². The fourth-order valence-corrected chi connectivity index (χ4v) is 1.86. The van der Waals surface area contributed by atoms with E-state index in [4.69, 9.17) is 5.73 Å². The Hall–Kier alpha value is -2.01. The van der Waals surface area contributed by atoms with Crippen LogP contribution in [-0.4, -0.2) is 29.3 Å². The van der Waals surface area contributed by atoms with Crippen LogP contribution in [0.3, 0.4) is 0 Å². The summed E-state index contributed by atoms with van der Waals surface area (Å²) in [6.07, 6.45) is 3.17. The largest absolute Gasteiger partial charge is 0.342 e. The van der Waals surface area contributed by atoms with E-state index in [1.165, 1.54) is 0 Å². The number of amides is 1. The number of carbonyl (C=O) groups excluding carboxylic acids is 2. The predicted molar refractivity (Wildman–Crippen MR) is 62.8 cm³/mol. The SMILES string of the molecule is CC1NC(=O)C(CN)=C(c2ccncc2)C1=O. The lowest BCUT2D eigenvalue weighted by atomic mass is 9.90. The topological polar surface area (TPSA) is 85.1 Å². The first kappa shape index (κ1) is 11.5. The lowest BCUT2D eigenvalue weighted by Gasteiger charge is -2.23. The van der Waals surface area contributed by atoms with Crippen LogP contribution in [0.5, 0.6) is 0 Å². The molecule has 0 radical (unpaired) electrons. The van der Waals surface area contributed by atoms with Crippen molar-refractivity contribution in [3.05, 3.63) is 35.7 Å². The highest BCUT2D eigenvalue weighted by atomic mass is 16.2. The minimum Gasteiger partial charge on any atom is -0.342 e. The number of pyridine rings is 1. The number of hydrogen-bond donors (Lipinski definition) is 2. The van der Waals surface area contributed by atoms with Gasteiger partial charge in [0, 0.05) is 30.1 Å². The maximum absolute atomic E-state index is 12.1. The molecule has 0 saturated heterocycles. The molecular weight excluding hydrogens is 218 g/mol. The Morgan fingerprint density at radius 3 is 2.59 bits per heavy atom. The standard InChI is InChI=1S/C12H13N3O2/c1-7-11(16)10(8-2-4-14-5-3-8)9(6-13)12(17)15-7/h2-5,7H,6,13H2,1H3,(H,15,17). The molecule has 1 aromatic rings. The molecule has 0 aliphatic carbocycles. The Morgan fingerprint density at radius 2 is 2.00 bits per heavy atom. The monoisotopic (exact) mass is 231 g/mol. The summed E-state index contributed by atoms with van der Waals surface area (Å²) >= 11 is 0. The van der Waals surface area contributed by atoms with Crippen molar-refractivity contribution >= 4 is 17.3 Å². The van der Waals surface area contributed by atoms with Crippen LogP contribution in [0.4, 0.5) is 0 Å². The van der Waals surface area contributed by atoms with Gasteiger partial charge in [0.05, 0.1) is 6.04 Å².